The maximum absolute atomic E-state index is 11.6. The lowest BCUT2D eigenvalue weighted by Gasteiger charge is -2.08. The Morgan fingerprint density at radius 2 is 2.00 bits per heavy atom. The second-order valence-corrected chi connectivity index (χ2v) is 6.14. The standard InChI is InChI=1S/C10H14ClNO2S/c1-8(12)6-15(13,14)7-9-4-2-3-5-10(9)11/h2-5,8H,6-7,12H2,1H3. The van der Waals surface area contributed by atoms with Gasteiger partial charge >= 0.3 is 0 Å². The van der Waals surface area contributed by atoms with Gasteiger partial charge in [-0.3, -0.25) is 0 Å². The number of rotatable bonds is 4. The molecule has 0 aliphatic rings. The van der Waals surface area contributed by atoms with Crippen molar-refractivity contribution in [1.29, 1.82) is 0 Å². The quantitative estimate of drug-likeness (QED) is 0.879. The number of benzene rings is 1. The van der Waals surface area contributed by atoms with E-state index in [0.717, 1.165) is 0 Å². The Kier molecular flexibility index (Phi) is 4.13. The van der Waals surface area contributed by atoms with Gasteiger partial charge < -0.3 is 5.73 Å². The van der Waals surface area contributed by atoms with Crippen molar-refractivity contribution in [3.05, 3.63) is 34.9 Å². The van der Waals surface area contributed by atoms with Gasteiger partial charge in [-0.15, -0.1) is 0 Å². The zero-order valence-corrected chi connectivity index (χ0v) is 10.1. The highest BCUT2D eigenvalue weighted by Crippen LogP contribution is 2.18. The summed E-state index contributed by atoms with van der Waals surface area (Å²) >= 11 is 5.87. The lowest BCUT2D eigenvalue weighted by molar-refractivity contribution is 0.589. The van der Waals surface area contributed by atoms with E-state index in [1.807, 2.05) is 0 Å². The molecule has 1 aromatic carbocycles. The van der Waals surface area contributed by atoms with E-state index in [2.05, 4.69) is 0 Å². The van der Waals surface area contributed by atoms with Crippen LogP contribution >= 0.6 is 11.6 Å². The molecule has 0 fully saturated rings. The van der Waals surface area contributed by atoms with Gasteiger partial charge in [0.25, 0.3) is 0 Å². The average Bonchev–Trinajstić information content (AvgIpc) is 2.06. The summed E-state index contributed by atoms with van der Waals surface area (Å²) in [6.45, 7) is 1.67. The Morgan fingerprint density at radius 3 is 2.53 bits per heavy atom. The number of hydrogen-bond donors (Lipinski definition) is 1. The molecule has 0 amide bonds. The van der Waals surface area contributed by atoms with Gasteiger partial charge in [0.1, 0.15) is 0 Å². The van der Waals surface area contributed by atoms with Gasteiger partial charge in [0.05, 0.1) is 11.5 Å². The Morgan fingerprint density at radius 1 is 1.40 bits per heavy atom. The van der Waals surface area contributed by atoms with Gasteiger partial charge in [-0.1, -0.05) is 29.8 Å². The molecular formula is C10H14ClNO2S. The van der Waals surface area contributed by atoms with Gasteiger partial charge in [0.15, 0.2) is 9.84 Å². The van der Waals surface area contributed by atoms with Gasteiger partial charge in [-0.25, -0.2) is 8.42 Å². The van der Waals surface area contributed by atoms with E-state index >= 15 is 0 Å². The van der Waals surface area contributed by atoms with Crippen molar-refractivity contribution >= 4 is 21.4 Å². The van der Waals surface area contributed by atoms with E-state index in [1.54, 1.807) is 31.2 Å². The van der Waals surface area contributed by atoms with E-state index in [4.69, 9.17) is 17.3 Å². The molecule has 15 heavy (non-hydrogen) atoms. The van der Waals surface area contributed by atoms with Crippen LogP contribution < -0.4 is 5.73 Å². The van der Waals surface area contributed by atoms with Crippen LogP contribution in [0.3, 0.4) is 0 Å². The molecule has 0 bridgehead atoms. The zero-order chi connectivity index (χ0) is 11.5. The second-order valence-electron chi connectivity index (χ2n) is 3.62. The number of hydrogen-bond acceptors (Lipinski definition) is 3. The van der Waals surface area contributed by atoms with Crippen molar-refractivity contribution in [3.8, 4) is 0 Å². The first kappa shape index (κ1) is 12.5. The van der Waals surface area contributed by atoms with Crippen molar-refractivity contribution in [2.45, 2.75) is 18.7 Å². The Balaban J connectivity index is 2.83. The first-order valence-electron chi connectivity index (χ1n) is 4.60. The molecule has 0 aromatic heterocycles. The van der Waals surface area contributed by atoms with Crippen LogP contribution in [0.25, 0.3) is 0 Å². The van der Waals surface area contributed by atoms with Gasteiger partial charge in [0, 0.05) is 11.1 Å². The molecule has 5 heteroatoms. The molecule has 0 radical (unpaired) electrons. The fourth-order valence-electron chi connectivity index (χ4n) is 1.31. The monoisotopic (exact) mass is 247 g/mol. The van der Waals surface area contributed by atoms with Crippen molar-refractivity contribution < 1.29 is 8.42 Å². The molecule has 1 aromatic rings. The van der Waals surface area contributed by atoms with Gasteiger partial charge in [-0.05, 0) is 18.6 Å². The molecular weight excluding hydrogens is 234 g/mol. The topological polar surface area (TPSA) is 60.2 Å². The molecule has 0 aliphatic heterocycles. The summed E-state index contributed by atoms with van der Waals surface area (Å²) in [5, 5.41) is 0.478. The lowest BCUT2D eigenvalue weighted by Crippen LogP contribution is -2.27. The highest BCUT2D eigenvalue weighted by molar-refractivity contribution is 7.90. The maximum atomic E-state index is 11.6. The molecule has 1 atom stereocenters. The predicted molar refractivity (Wildman–Crippen MR) is 62.6 cm³/mol. The van der Waals surface area contributed by atoms with E-state index in [9.17, 15) is 8.42 Å². The summed E-state index contributed by atoms with van der Waals surface area (Å²) in [5.41, 5.74) is 6.08. The summed E-state index contributed by atoms with van der Waals surface area (Å²) in [5.74, 6) is -0.0631. The second kappa shape index (κ2) is 4.96. The van der Waals surface area contributed by atoms with Crippen LogP contribution in [0, 0.1) is 0 Å². The summed E-state index contributed by atoms with van der Waals surface area (Å²) < 4.78 is 23.2. The third kappa shape index (κ3) is 4.20. The van der Waals surface area contributed by atoms with Crippen LogP contribution in [0.4, 0.5) is 0 Å². The minimum Gasteiger partial charge on any atom is -0.327 e. The first-order chi connectivity index (χ1) is 6.91. The SMILES string of the molecule is CC(N)CS(=O)(=O)Cc1ccccc1Cl. The maximum Gasteiger partial charge on any atom is 0.156 e. The zero-order valence-electron chi connectivity index (χ0n) is 8.48. The van der Waals surface area contributed by atoms with Crippen LogP contribution in [0.5, 0.6) is 0 Å². The Bertz CT molecular complexity index is 429. The van der Waals surface area contributed by atoms with Crippen molar-refractivity contribution in [3.63, 3.8) is 0 Å². The number of sulfone groups is 1. The largest absolute Gasteiger partial charge is 0.327 e. The molecule has 2 N–H and O–H groups in total. The smallest absolute Gasteiger partial charge is 0.156 e. The summed E-state index contributed by atoms with van der Waals surface area (Å²) in [6, 6.07) is 6.57. The highest BCUT2D eigenvalue weighted by Gasteiger charge is 2.15. The van der Waals surface area contributed by atoms with Crippen molar-refractivity contribution in [1.82, 2.24) is 0 Å². The number of nitrogens with two attached hydrogens (primary N) is 1. The van der Waals surface area contributed by atoms with Crippen molar-refractivity contribution in [2.24, 2.45) is 5.73 Å². The van der Waals surface area contributed by atoms with E-state index in [-0.39, 0.29) is 17.5 Å². The third-order valence-corrected chi connectivity index (χ3v) is 4.00. The molecule has 0 saturated carbocycles. The fraction of sp³-hybridized carbons (Fsp3) is 0.400. The highest BCUT2D eigenvalue weighted by atomic mass is 35.5. The van der Waals surface area contributed by atoms with Crippen LogP contribution in [-0.2, 0) is 15.6 Å². The van der Waals surface area contributed by atoms with Crippen molar-refractivity contribution in [2.75, 3.05) is 5.75 Å². The molecule has 84 valence electrons. The molecule has 0 spiro atoms. The van der Waals surface area contributed by atoms with Gasteiger partial charge in [0.2, 0.25) is 0 Å². The van der Waals surface area contributed by atoms with Crippen LogP contribution in [0.1, 0.15) is 12.5 Å². The lowest BCUT2D eigenvalue weighted by atomic mass is 10.2. The van der Waals surface area contributed by atoms with E-state index in [1.165, 1.54) is 0 Å². The van der Waals surface area contributed by atoms with Crippen LogP contribution in [0.15, 0.2) is 24.3 Å². The minimum absolute atomic E-state index is 0.0157. The van der Waals surface area contributed by atoms with Gasteiger partial charge in [-0.2, -0.15) is 0 Å². The summed E-state index contributed by atoms with van der Waals surface area (Å²) in [4.78, 5) is 0. The van der Waals surface area contributed by atoms with Crippen LogP contribution in [0.2, 0.25) is 5.02 Å². The van der Waals surface area contributed by atoms with E-state index in [0.29, 0.717) is 10.6 Å². The van der Waals surface area contributed by atoms with E-state index < -0.39 is 9.84 Å². The molecule has 3 nitrogen and oxygen atoms in total. The molecule has 1 rings (SSSR count). The molecule has 0 aliphatic carbocycles. The molecule has 0 saturated heterocycles. The Hall–Kier alpha value is -0.580. The average molecular weight is 248 g/mol. The molecule has 1 unspecified atom stereocenters. The summed E-state index contributed by atoms with van der Waals surface area (Å²) in [7, 11) is -3.17. The molecule has 0 heterocycles. The first-order valence-corrected chi connectivity index (χ1v) is 6.80. The predicted octanol–water partition coefficient (Wildman–Crippen LogP) is 1.60. The Labute approximate surface area is 95.2 Å². The normalized spacial score (nSPS) is 13.8. The third-order valence-electron chi connectivity index (χ3n) is 1.85. The number of halogens is 1. The fourth-order valence-corrected chi connectivity index (χ4v) is 3.24. The summed E-state index contributed by atoms with van der Waals surface area (Å²) in [6.07, 6.45) is 0. The van der Waals surface area contributed by atoms with Crippen LogP contribution in [-0.4, -0.2) is 20.2 Å². The minimum atomic E-state index is -3.17.